The average Bonchev–Trinajstić information content (AvgIpc) is 2.31. The first-order chi connectivity index (χ1) is 8.09. The van der Waals surface area contributed by atoms with E-state index in [0.29, 0.717) is 10.7 Å². The van der Waals surface area contributed by atoms with E-state index in [1.165, 1.54) is 6.07 Å². The number of pyridine rings is 1. The quantitative estimate of drug-likeness (QED) is 0.613. The fourth-order valence-corrected chi connectivity index (χ4v) is 2.31. The molecule has 0 bridgehead atoms. The van der Waals surface area contributed by atoms with Crippen molar-refractivity contribution in [2.75, 3.05) is 0 Å². The molecule has 0 spiro atoms. The summed E-state index contributed by atoms with van der Waals surface area (Å²) in [7, 11) is 0. The van der Waals surface area contributed by atoms with Crippen LogP contribution < -0.4 is 10.9 Å². The maximum atomic E-state index is 11.9. The number of H-pyrrole nitrogens is 1. The van der Waals surface area contributed by atoms with E-state index in [1.807, 2.05) is 25.1 Å². The Labute approximate surface area is 97.0 Å². The zero-order valence-corrected chi connectivity index (χ0v) is 9.37. The summed E-state index contributed by atoms with van der Waals surface area (Å²) in [6, 6.07) is 7.24. The van der Waals surface area contributed by atoms with E-state index in [4.69, 9.17) is 0 Å². The van der Waals surface area contributed by atoms with E-state index >= 15 is 0 Å². The molecule has 2 N–H and O–H groups in total. The minimum absolute atomic E-state index is 0.146. The largest absolute Gasteiger partial charge is 0.508 e. The molecule has 2 aromatic carbocycles. The lowest BCUT2D eigenvalue weighted by Gasteiger charge is -2.09. The number of hydrogen-bond donors (Lipinski definition) is 2. The minimum Gasteiger partial charge on any atom is -0.508 e. The Morgan fingerprint density at radius 3 is 2.71 bits per heavy atom. The lowest BCUT2D eigenvalue weighted by molar-refractivity contribution is 0.473. The standard InChI is InChI=1S/C14H11NO2/c1-7-9-4-3-5-10-8(2)15-14(17)11(13(9)10)6-12(7)16/h3-6,16H,2H2,1H3,(H,15,17). The van der Waals surface area contributed by atoms with Crippen LogP contribution in [-0.2, 0) is 0 Å². The summed E-state index contributed by atoms with van der Waals surface area (Å²) in [4.78, 5) is 14.6. The lowest BCUT2D eigenvalue weighted by Crippen LogP contribution is -2.19. The number of phenols is 1. The third-order valence-corrected chi connectivity index (χ3v) is 3.24. The van der Waals surface area contributed by atoms with Gasteiger partial charge in [0.2, 0.25) is 0 Å². The van der Waals surface area contributed by atoms with Crippen molar-refractivity contribution in [2.45, 2.75) is 6.92 Å². The summed E-state index contributed by atoms with van der Waals surface area (Å²) in [6.07, 6.45) is 0. The number of rotatable bonds is 0. The van der Waals surface area contributed by atoms with Crippen LogP contribution in [0.4, 0.5) is 0 Å². The van der Waals surface area contributed by atoms with Gasteiger partial charge < -0.3 is 10.1 Å². The Balaban J connectivity index is 2.83. The second-order valence-corrected chi connectivity index (χ2v) is 4.23. The van der Waals surface area contributed by atoms with Gasteiger partial charge in [-0.25, -0.2) is 0 Å². The second kappa shape index (κ2) is 3.10. The fraction of sp³-hybridized carbons (Fsp3) is 0.0714. The number of nitrogens with one attached hydrogen (secondary N) is 1. The fourth-order valence-electron chi connectivity index (χ4n) is 2.31. The van der Waals surface area contributed by atoms with E-state index in [0.717, 1.165) is 21.7 Å². The van der Waals surface area contributed by atoms with Crippen molar-refractivity contribution in [3.63, 3.8) is 0 Å². The second-order valence-electron chi connectivity index (χ2n) is 4.23. The molecule has 0 radical (unpaired) electrons. The molecular weight excluding hydrogens is 214 g/mol. The van der Waals surface area contributed by atoms with Gasteiger partial charge in [0.25, 0.3) is 5.56 Å². The lowest BCUT2D eigenvalue weighted by atomic mass is 9.98. The van der Waals surface area contributed by atoms with Crippen LogP contribution >= 0.6 is 0 Å². The first-order valence-corrected chi connectivity index (χ1v) is 5.35. The van der Waals surface area contributed by atoms with Gasteiger partial charge in [0.1, 0.15) is 5.75 Å². The molecule has 0 unspecified atom stereocenters. The molecule has 3 heteroatoms. The van der Waals surface area contributed by atoms with E-state index in [-0.39, 0.29) is 11.3 Å². The average molecular weight is 225 g/mol. The van der Waals surface area contributed by atoms with Gasteiger partial charge in [-0.2, -0.15) is 0 Å². The Morgan fingerprint density at radius 1 is 1.24 bits per heavy atom. The Hall–Kier alpha value is -2.29. The summed E-state index contributed by atoms with van der Waals surface area (Å²) in [6.45, 7) is 5.69. The number of aromatic nitrogens is 1. The summed E-state index contributed by atoms with van der Waals surface area (Å²) in [5, 5.41) is 13.6. The van der Waals surface area contributed by atoms with Crippen LogP contribution in [0.15, 0.2) is 29.1 Å². The Kier molecular flexibility index (Phi) is 1.81. The summed E-state index contributed by atoms with van der Waals surface area (Å²) in [5.41, 5.74) is 0.571. The van der Waals surface area contributed by atoms with Crippen LogP contribution in [0.2, 0.25) is 0 Å². The van der Waals surface area contributed by atoms with Gasteiger partial charge in [-0.05, 0) is 23.9 Å². The molecule has 0 saturated carbocycles. The summed E-state index contributed by atoms with van der Waals surface area (Å²) in [5.74, 6) is 0.146. The smallest absolute Gasteiger partial charge is 0.256 e. The van der Waals surface area contributed by atoms with Crippen molar-refractivity contribution < 1.29 is 5.11 Å². The van der Waals surface area contributed by atoms with Gasteiger partial charge in [0.05, 0.1) is 5.39 Å². The highest BCUT2D eigenvalue weighted by Gasteiger charge is 2.11. The zero-order chi connectivity index (χ0) is 12.2. The van der Waals surface area contributed by atoms with Gasteiger partial charge in [0.15, 0.2) is 0 Å². The molecule has 17 heavy (non-hydrogen) atoms. The molecular formula is C14H11NO2. The molecule has 3 aromatic rings. The highest BCUT2D eigenvalue weighted by molar-refractivity contribution is 6.11. The third kappa shape index (κ3) is 1.19. The number of aryl methyl sites for hydroxylation is 1. The number of benzene rings is 2. The van der Waals surface area contributed by atoms with Crippen molar-refractivity contribution >= 4 is 28.1 Å². The van der Waals surface area contributed by atoms with Crippen molar-refractivity contribution in [2.24, 2.45) is 0 Å². The monoisotopic (exact) mass is 225 g/mol. The topological polar surface area (TPSA) is 53.1 Å². The number of hydrogen-bond acceptors (Lipinski definition) is 2. The maximum Gasteiger partial charge on any atom is 0.256 e. The molecule has 3 nitrogen and oxygen atoms in total. The van der Waals surface area contributed by atoms with Gasteiger partial charge >= 0.3 is 0 Å². The molecule has 1 heterocycles. The predicted molar refractivity (Wildman–Crippen MR) is 69.2 cm³/mol. The van der Waals surface area contributed by atoms with Crippen molar-refractivity contribution in [1.82, 2.24) is 4.98 Å². The number of aromatic hydroxyl groups is 1. The van der Waals surface area contributed by atoms with Gasteiger partial charge in [-0.1, -0.05) is 24.8 Å². The van der Waals surface area contributed by atoms with Crippen molar-refractivity contribution in [3.05, 3.63) is 45.5 Å². The van der Waals surface area contributed by atoms with Crippen LogP contribution in [0.25, 0.3) is 28.1 Å². The van der Waals surface area contributed by atoms with E-state index < -0.39 is 0 Å². The first-order valence-electron chi connectivity index (χ1n) is 5.35. The molecule has 3 rings (SSSR count). The van der Waals surface area contributed by atoms with Crippen LogP contribution in [-0.4, -0.2) is 10.1 Å². The maximum absolute atomic E-state index is 11.9. The molecule has 0 fully saturated rings. The van der Waals surface area contributed by atoms with Crippen LogP contribution in [0.1, 0.15) is 5.56 Å². The number of phenolic OH excluding ortho intramolecular Hbond substituents is 1. The molecule has 0 amide bonds. The van der Waals surface area contributed by atoms with Gasteiger partial charge in [-0.3, -0.25) is 4.79 Å². The predicted octanol–water partition coefficient (Wildman–Crippen LogP) is 1.82. The van der Waals surface area contributed by atoms with Crippen LogP contribution in [0, 0.1) is 6.92 Å². The van der Waals surface area contributed by atoms with Crippen molar-refractivity contribution in [1.29, 1.82) is 0 Å². The molecule has 84 valence electrons. The molecule has 0 saturated heterocycles. The molecule has 0 aliphatic carbocycles. The van der Waals surface area contributed by atoms with Crippen LogP contribution in [0.5, 0.6) is 5.75 Å². The first kappa shape index (κ1) is 9.90. The van der Waals surface area contributed by atoms with Gasteiger partial charge in [-0.15, -0.1) is 0 Å². The Bertz CT molecular complexity index is 846. The molecule has 0 atom stereocenters. The summed E-state index contributed by atoms with van der Waals surface area (Å²) < 4.78 is 0. The third-order valence-electron chi connectivity index (χ3n) is 3.24. The molecule has 0 aliphatic heterocycles. The molecule has 0 aliphatic rings. The van der Waals surface area contributed by atoms with E-state index in [9.17, 15) is 9.90 Å². The van der Waals surface area contributed by atoms with Gasteiger partial charge in [0, 0.05) is 16.1 Å². The Morgan fingerprint density at radius 2 is 1.94 bits per heavy atom. The minimum atomic E-state index is -0.214. The number of aromatic amines is 1. The zero-order valence-electron chi connectivity index (χ0n) is 9.37. The highest BCUT2D eigenvalue weighted by Crippen LogP contribution is 2.30. The van der Waals surface area contributed by atoms with E-state index in [1.54, 1.807) is 0 Å². The van der Waals surface area contributed by atoms with Crippen LogP contribution in [0.3, 0.4) is 0 Å². The van der Waals surface area contributed by atoms with E-state index in [2.05, 4.69) is 11.6 Å². The summed E-state index contributed by atoms with van der Waals surface area (Å²) >= 11 is 0. The highest BCUT2D eigenvalue weighted by atomic mass is 16.3. The normalized spacial score (nSPS) is 11.4. The molecule has 1 aromatic heterocycles. The van der Waals surface area contributed by atoms with Crippen molar-refractivity contribution in [3.8, 4) is 5.75 Å². The SMILES string of the molecule is C=c1[nH]c(=O)c2cc(O)c(C)c3cccc1c32.